The van der Waals surface area contributed by atoms with E-state index in [9.17, 15) is 18.4 Å². The van der Waals surface area contributed by atoms with E-state index in [0.717, 1.165) is 12.1 Å². The minimum atomic E-state index is -1.07. The molecule has 2 rings (SSSR count). The fourth-order valence-corrected chi connectivity index (χ4v) is 2.22. The molecule has 7 heteroatoms. The first-order valence-electron chi connectivity index (χ1n) is 7.09. The number of nitrogens with two attached hydrogens (primary N) is 1. The van der Waals surface area contributed by atoms with Gasteiger partial charge in [0.15, 0.2) is 0 Å². The third-order valence-electron chi connectivity index (χ3n) is 3.44. The third-order valence-corrected chi connectivity index (χ3v) is 3.44. The molecule has 5 nitrogen and oxygen atoms in total. The number of para-hydroxylation sites is 1. The van der Waals surface area contributed by atoms with Gasteiger partial charge in [-0.2, -0.15) is 0 Å². The van der Waals surface area contributed by atoms with Crippen LogP contribution in [0.3, 0.4) is 0 Å². The molecule has 0 aliphatic rings. The van der Waals surface area contributed by atoms with Crippen molar-refractivity contribution in [1.82, 2.24) is 5.32 Å². The van der Waals surface area contributed by atoms with Crippen LogP contribution in [0.15, 0.2) is 42.5 Å². The van der Waals surface area contributed by atoms with Crippen molar-refractivity contribution in [2.45, 2.75) is 12.5 Å². The van der Waals surface area contributed by atoms with Crippen molar-refractivity contribution < 1.29 is 23.1 Å². The summed E-state index contributed by atoms with van der Waals surface area (Å²) in [6, 6.07) is 8.41. The van der Waals surface area contributed by atoms with Gasteiger partial charge < -0.3 is 15.8 Å². The zero-order chi connectivity index (χ0) is 17.7. The number of hydrogen-bond donors (Lipinski definition) is 2. The van der Waals surface area contributed by atoms with Gasteiger partial charge in [-0.15, -0.1) is 0 Å². The third kappa shape index (κ3) is 4.07. The normalized spacial score (nSPS) is 11.6. The lowest BCUT2D eigenvalue weighted by molar-refractivity contribution is -0.119. The highest BCUT2D eigenvalue weighted by molar-refractivity contribution is 5.97. The van der Waals surface area contributed by atoms with Gasteiger partial charge in [-0.3, -0.25) is 9.59 Å². The molecular weight excluding hydrogens is 318 g/mol. The number of halogens is 2. The van der Waals surface area contributed by atoms with E-state index in [-0.39, 0.29) is 12.0 Å². The highest BCUT2D eigenvalue weighted by Crippen LogP contribution is 2.19. The molecule has 2 aromatic carbocycles. The second-order valence-corrected chi connectivity index (χ2v) is 5.07. The number of nitrogens with one attached hydrogen (secondary N) is 1. The fraction of sp³-hybridized carbons (Fsp3) is 0.176. The molecule has 0 saturated heterocycles. The molecule has 2 amide bonds. The van der Waals surface area contributed by atoms with Crippen molar-refractivity contribution in [3.63, 3.8) is 0 Å². The molecule has 0 bridgehead atoms. The van der Waals surface area contributed by atoms with Crippen LogP contribution in [0.5, 0.6) is 5.75 Å². The van der Waals surface area contributed by atoms with Crippen LogP contribution in [0.1, 0.15) is 15.9 Å². The van der Waals surface area contributed by atoms with Crippen LogP contribution in [0.2, 0.25) is 0 Å². The Kier molecular flexibility index (Phi) is 5.47. The van der Waals surface area contributed by atoms with Crippen LogP contribution in [0, 0.1) is 11.6 Å². The van der Waals surface area contributed by atoms with E-state index in [2.05, 4.69) is 5.32 Å². The topological polar surface area (TPSA) is 81.4 Å². The van der Waals surface area contributed by atoms with Gasteiger partial charge in [-0.05, 0) is 23.8 Å². The molecular formula is C17H16F2N2O3. The van der Waals surface area contributed by atoms with Gasteiger partial charge in [0.1, 0.15) is 23.4 Å². The molecule has 0 aliphatic heterocycles. The maximum absolute atomic E-state index is 13.7. The predicted molar refractivity (Wildman–Crippen MR) is 83.5 cm³/mol. The Morgan fingerprint density at radius 1 is 1.21 bits per heavy atom. The van der Waals surface area contributed by atoms with Crippen molar-refractivity contribution in [3.8, 4) is 5.75 Å². The van der Waals surface area contributed by atoms with Crippen LogP contribution < -0.4 is 15.8 Å². The molecule has 0 aliphatic carbocycles. The lowest BCUT2D eigenvalue weighted by Gasteiger charge is -2.17. The predicted octanol–water partition coefficient (Wildman–Crippen LogP) is 1.80. The smallest absolute Gasteiger partial charge is 0.254 e. The molecule has 0 aromatic heterocycles. The SMILES string of the molecule is COc1ccccc1C[C@@H](NC(=O)c1ccc(F)cc1F)C(N)=O. The molecule has 3 N–H and O–H groups in total. The van der Waals surface area contributed by atoms with Crippen molar-refractivity contribution >= 4 is 11.8 Å². The van der Waals surface area contributed by atoms with Crippen LogP contribution in [-0.2, 0) is 11.2 Å². The van der Waals surface area contributed by atoms with E-state index in [1.54, 1.807) is 24.3 Å². The number of hydrogen-bond acceptors (Lipinski definition) is 3. The quantitative estimate of drug-likeness (QED) is 0.845. The summed E-state index contributed by atoms with van der Waals surface area (Å²) < 4.78 is 31.8. The summed E-state index contributed by atoms with van der Waals surface area (Å²) in [6.07, 6.45) is 0.0773. The average Bonchev–Trinajstić information content (AvgIpc) is 2.54. The second kappa shape index (κ2) is 7.54. The summed E-state index contributed by atoms with van der Waals surface area (Å²) in [5.74, 6) is -2.92. The Bertz CT molecular complexity index is 765. The number of amides is 2. The van der Waals surface area contributed by atoms with Crippen molar-refractivity contribution in [3.05, 3.63) is 65.2 Å². The van der Waals surface area contributed by atoms with Gasteiger partial charge in [-0.1, -0.05) is 18.2 Å². The van der Waals surface area contributed by atoms with Gasteiger partial charge in [0.05, 0.1) is 12.7 Å². The molecule has 0 radical (unpaired) electrons. The number of benzene rings is 2. The molecule has 0 heterocycles. The Morgan fingerprint density at radius 2 is 1.92 bits per heavy atom. The van der Waals surface area contributed by atoms with Crippen molar-refractivity contribution in [1.29, 1.82) is 0 Å². The standard InChI is InChI=1S/C17H16F2N2O3/c1-24-15-5-3-2-4-10(15)8-14(16(20)22)21-17(23)12-7-6-11(18)9-13(12)19/h2-7,9,14H,8H2,1H3,(H2,20,22)(H,21,23)/t14-/m1/s1. The second-order valence-electron chi connectivity index (χ2n) is 5.07. The Balaban J connectivity index is 2.19. The van der Waals surface area contributed by atoms with E-state index in [0.29, 0.717) is 17.4 Å². The Morgan fingerprint density at radius 3 is 2.54 bits per heavy atom. The first-order chi connectivity index (χ1) is 11.4. The summed E-state index contributed by atoms with van der Waals surface area (Å²) in [5, 5.41) is 2.36. The average molecular weight is 334 g/mol. The van der Waals surface area contributed by atoms with E-state index in [1.165, 1.54) is 7.11 Å². The lowest BCUT2D eigenvalue weighted by Crippen LogP contribution is -2.46. The van der Waals surface area contributed by atoms with Crippen molar-refractivity contribution in [2.75, 3.05) is 7.11 Å². The maximum Gasteiger partial charge on any atom is 0.254 e. The van der Waals surface area contributed by atoms with Gasteiger partial charge in [-0.25, -0.2) is 8.78 Å². The van der Waals surface area contributed by atoms with E-state index < -0.39 is 29.5 Å². The molecule has 0 unspecified atom stereocenters. The lowest BCUT2D eigenvalue weighted by atomic mass is 10.0. The molecule has 126 valence electrons. The minimum absolute atomic E-state index is 0.0773. The summed E-state index contributed by atoms with van der Waals surface area (Å²) in [5.41, 5.74) is 5.60. The van der Waals surface area contributed by atoms with Gasteiger partial charge in [0.25, 0.3) is 5.91 Å². The van der Waals surface area contributed by atoms with Gasteiger partial charge >= 0.3 is 0 Å². The summed E-state index contributed by atoms with van der Waals surface area (Å²) >= 11 is 0. The molecule has 1 atom stereocenters. The number of methoxy groups -OCH3 is 1. The van der Waals surface area contributed by atoms with Gasteiger partial charge in [0.2, 0.25) is 5.91 Å². The van der Waals surface area contributed by atoms with Gasteiger partial charge in [0, 0.05) is 12.5 Å². The molecule has 0 saturated carbocycles. The van der Waals surface area contributed by atoms with Crippen LogP contribution in [-0.4, -0.2) is 25.0 Å². The molecule has 0 fully saturated rings. The first-order valence-corrected chi connectivity index (χ1v) is 7.09. The first kappa shape index (κ1) is 17.4. The van der Waals surface area contributed by atoms with Crippen LogP contribution >= 0.6 is 0 Å². The van der Waals surface area contributed by atoms with E-state index in [1.807, 2.05) is 0 Å². The highest BCUT2D eigenvalue weighted by atomic mass is 19.1. The molecule has 24 heavy (non-hydrogen) atoms. The number of carbonyl (C=O) groups is 2. The Labute approximate surface area is 137 Å². The molecule has 2 aromatic rings. The van der Waals surface area contributed by atoms with Crippen molar-refractivity contribution in [2.24, 2.45) is 5.73 Å². The van der Waals surface area contributed by atoms with E-state index >= 15 is 0 Å². The largest absolute Gasteiger partial charge is 0.496 e. The zero-order valence-electron chi connectivity index (χ0n) is 12.9. The minimum Gasteiger partial charge on any atom is -0.496 e. The monoisotopic (exact) mass is 334 g/mol. The van der Waals surface area contributed by atoms with E-state index in [4.69, 9.17) is 10.5 Å². The summed E-state index contributed by atoms with van der Waals surface area (Å²) in [4.78, 5) is 23.7. The number of carbonyl (C=O) groups excluding carboxylic acids is 2. The number of primary amides is 1. The fourth-order valence-electron chi connectivity index (χ4n) is 2.22. The zero-order valence-corrected chi connectivity index (χ0v) is 12.9. The molecule has 0 spiro atoms. The number of rotatable bonds is 6. The van der Waals surface area contributed by atoms with Crippen LogP contribution in [0.25, 0.3) is 0 Å². The summed E-state index contributed by atoms with van der Waals surface area (Å²) in [6.45, 7) is 0. The summed E-state index contributed by atoms with van der Waals surface area (Å²) in [7, 11) is 1.48. The maximum atomic E-state index is 13.7. The van der Waals surface area contributed by atoms with Crippen LogP contribution in [0.4, 0.5) is 8.78 Å². The Hall–Kier alpha value is -2.96. The number of ether oxygens (including phenoxy) is 1. The highest BCUT2D eigenvalue weighted by Gasteiger charge is 2.22.